The topological polar surface area (TPSA) is 27.8 Å². The van der Waals surface area contributed by atoms with E-state index in [4.69, 9.17) is 0 Å². The van der Waals surface area contributed by atoms with Crippen LogP contribution in [0.5, 0.6) is 0 Å². The predicted molar refractivity (Wildman–Crippen MR) is 68.3 cm³/mol. The molecule has 0 aliphatic heterocycles. The molecule has 0 amide bonds. The van der Waals surface area contributed by atoms with Crippen LogP contribution >= 0.6 is 0 Å². The molecule has 0 saturated carbocycles. The van der Waals surface area contributed by atoms with Crippen LogP contribution in [0.4, 0.5) is 0 Å². The van der Waals surface area contributed by atoms with Gasteiger partial charge in [-0.25, -0.2) is 0 Å². The molecule has 2 nitrogen and oxygen atoms in total. The second kappa shape index (κ2) is 4.99. The van der Waals surface area contributed by atoms with E-state index in [-0.39, 0.29) is 0 Å². The predicted octanol–water partition coefficient (Wildman–Crippen LogP) is 3.35. The maximum absolute atomic E-state index is 3.41. The summed E-state index contributed by atoms with van der Waals surface area (Å²) in [5, 5.41) is 3.41. The fraction of sp³-hybridized carbons (Fsp3) is 0.286. The van der Waals surface area contributed by atoms with Crippen molar-refractivity contribution >= 4 is 0 Å². The van der Waals surface area contributed by atoms with E-state index >= 15 is 0 Å². The lowest BCUT2D eigenvalue weighted by Crippen LogP contribution is -2.17. The highest BCUT2D eigenvalue weighted by Gasteiger charge is 2.03. The van der Waals surface area contributed by atoms with Crippen molar-refractivity contribution < 1.29 is 0 Å². The fourth-order valence-corrected chi connectivity index (χ4v) is 1.89. The van der Waals surface area contributed by atoms with Crippen molar-refractivity contribution in [1.29, 1.82) is 0 Å². The summed E-state index contributed by atoms with van der Waals surface area (Å²) in [5.74, 6) is 0. The van der Waals surface area contributed by atoms with E-state index in [1.165, 1.54) is 16.8 Å². The quantitative estimate of drug-likeness (QED) is 0.802. The molecule has 0 radical (unpaired) electrons. The van der Waals surface area contributed by atoms with E-state index in [1.807, 2.05) is 12.3 Å². The Labute approximate surface area is 96.7 Å². The molecule has 0 saturated heterocycles. The van der Waals surface area contributed by atoms with Gasteiger partial charge in [-0.1, -0.05) is 31.2 Å². The van der Waals surface area contributed by atoms with Crippen molar-refractivity contribution in [3.63, 3.8) is 0 Å². The Bertz CT molecular complexity index is 415. The van der Waals surface area contributed by atoms with Gasteiger partial charge in [0.1, 0.15) is 0 Å². The van der Waals surface area contributed by atoms with Crippen molar-refractivity contribution in [2.45, 2.75) is 19.9 Å². The number of H-pyrrole nitrogens is 1. The van der Waals surface area contributed by atoms with Crippen molar-refractivity contribution in [3.8, 4) is 11.3 Å². The van der Waals surface area contributed by atoms with Crippen molar-refractivity contribution in [1.82, 2.24) is 10.3 Å². The lowest BCUT2D eigenvalue weighted by atomic mass is 10.0. The van der Waals surface area contributed by atoms with E-state index in [9.17, 15) is 0 Å². The zero-order chi connectivity index (χ0) is 11.4. The molecule has 16 heavy (non-hydrogen) atoms. The van der Waals surface area contributed by atoms with Gasteiger partial charge in [0.05, 0.1) is 0 Å². The molecule has 2 heteroatoms. The van der Waals surface area contributed by atoms with E-state index < -0.39 is 0 Å². The van der Waals surface area contributed by atoms with Gasteiger partial charge in [-0.05, 0) is 36.7 Å². The third-order valence-electron chi connectivity index (χ3n) is 2.83. The number of hydrogen-bond acceptors (Lipinski definition) is 1. The Balaban J connectivity index is 2.16. The zero-order valence-corrected chi connectivity index (χ0v) is 9.83. The molecule has 0 bridgehead atoms. The molecule has 2 N–H and O–H groups in total. The molecule has 0 spiro atoms. The average molecular weight is 214 g/mol. The lowest BCUT2D eigenvalue weighted by molar-refractivity contribution is 0.598. The molecule has 1 heterocycles. The molecule has 84 valence electrons. The van der Waals surface area contributed by atoms with Crippen LogP contribution in [0.15, 0.2) is 42.6 Å². The molecule has 2 rings (SSSR count). The van der Waals surface area contributed by atoms with E-state index in [2.05, 4.69) is 54.5 Å². The highest BCUT2D eigenvalue weighted by molar-refractivity contribution is 5.59. The molecular weight excluding hydrogens is 196 g/mol. The van der Waals surface area contributed by atoms with Gasteiger partial charge in [0, 0.05) is 17.9 Å². The molecule has 1 atom stereocenters. The molecule has 1 aromatic heterocycles. The van der Waals surface area contributed by atoms with Crippen LogP contribution in [0.2, 0.25) is 0 Å². The molecule has 0 fully saturated rings. The summed E-state index contributed by atoms with van der Waals surface area (Å²) in [6, 6.07) is 13.2. The Morgan fingerprint density at radius 1 is 1.19 bits per heavy atom. The van der Waals surface area contributed by atoms with Crippen molar-refractivity contribution in [3.05, 3.63) is 48.2 Å². The minimum absolute atomic E-state index is 0.419. The highest BCUT2D eigenvalue weighted by Crippen LogP contribution is 2.20. The van der Waals surface area contributed by atoms with Crippen molar-refractivity contribution in [2.75, 3.05) is 6.54 Å². The van der Waals surface area contributed by atoms with Gasteiger partial charge >= 0.3 is 0 Å². The summed E-state index contributed by atoms with van der Waals surface area (Å²) in [4.78, 5) is 3.21. The molecule has 1 unspecified atom stereocenters. The summed E-state index contributed by atoms with van der Waals surface area (Å²) >= 11 is 0. The number of rotatable bonds is 4. The van der Waals surface area contributed by atoms with Crippen LogP contribution in [-0.2, 0) is 0 Å². The van der Waals surface area contributed by atoms with Crippen LogP contribution in [0, 0.1) is 0 Å². The number of aromatic amines is 1. The van der Waals surface area contributed by atoms with E-state index in [0.29, 0.717) is 6.04 Å². The van der Waals surface area contributed by atoms with Crippen LogP contribution in [-0.4, -0.2) is 11.5 Å². The fourth-order valence-electron chi connectivity index (χ4n) is 1.89. The number of benzene rings is 1. The first-order valence-electron chi connectivity index (χ1n) is 5.78. The molecule has 0 aliphatic rings. The zero-order valence-electron chi connectivity index (χ0n) is 9.83. The van der Waals surface area contributed by atoms with Gasteiger partial charge in [-0.15, -0.1) is 0 Å². The third kappa shape index (κ3) is 2.34. The average Bonchev–Trinajstić information content (AvgIpc) is 2.83. The second-order valence-electron chi connectivity index (χ2n) is 3.99. The molecule has 1 aromatic carbocycles. The number of hydrogen-bond donors (Lipinski definition) is 2. The van der Waals surface area contributed by atoms with Crippen LogP contribution in [0.3, 0.4) is 0 Å². The molecule has 2 aromatic rings. The van der Waals surface area contributed by atoms with Gasteiger partial charge < -0.3 is 10.3 Å². The summed E-state index contributed by atoms with van der Waals surface area (Å²) in [6.07, 6.45) is 1.95. The highest BCUT2D eigenvalue weighted by atomic mass is 14.9. The Hall–Kier alpha value is -1.54. The van der Waals surface area contributed by atoms with Gasteiger partial charge in [0.25, 0.3) is 0 Å². The Morgan fingerprint density at radius 2 is 1.94 bits per heavy atom. The summed E-state index contributed by atoms with van der Waals surface area (Å²) in [7, 11) is 0. The van der Waals surface area contributed by atoms with Gasteiger partial charge in [-0.2, -0.15) is 0 Å². The Morgan fingerprint density at radius 3 is 2.50 bits per heavy atom. The summed E-state index contributed by atoms with van der Waals surface area (Å²) in [6.45, 7) is 5.32. The summed E-state index contributed by atoms with van der Waals surface area (Å²) < 4.78 is 0. The van der Waals surface area contributed by atoms with Gasteiger partial charge in [0.2, 0.25) is 0 Å². The maximum atomic E-state index is 3.41. The first-order valence-corrected chi connectivity index (χ1v) is 5.78. The largest absolute Gasteiger partial charge is 0.361 e. The smallest absolute Gasteiger partial charge is 0.0453 e. The van der Waals surface area contributed by atoms with E-state index in [0.717, 1.165) is 6.54 Å². The minimum atomic E-state index is 0.419. The summed E-state index contributed by atoms with van der Waals surface area (Å²) in [5.41, 5.74) is 3.73. The van der Waals surface area contributed by atoms with E-state index in [1.54, 1.807) is 0 Å². The maximum Gasteiger partial charge on any atom is 0.0453 e. The van der Waals surface area contributed by atoms with Crippen LogP contribution in [0.25, 0.3) is 11.3 Å². The monoisotopic (exact) mass is 214 g/mol. The lowest BCUT2D eigenvalue weighted by Gasteiger charge is -2.12. The second-order valence-corrected chi connectivity index (χ2v) is 3.99. The SMILES string of the molecule is CCNC(C)c1ccc(-c2ccc[nH]2)cc1. The third-order valence-corrected chi connectivity index (χ3v) is 2.83. The van der Waals surface area contributed by atoms with Crippen molar-refractivity contribution in [2.24, 2.45) is 0 Å². The van der Waals surface area contributed by atoms with Crippen LogP contribution < -0.4 is 5.32 Å². The Kier molecular flexibility index (Phi) is 3.42. The van der Waals surface area contributed by atoms with Gasteiger partial charge in [0.15, 0.2) is 0 Å². The van der Waals surface area contributed by atoms with Crippen LogP contribution in [0.1, 0.15) is 25.5 Å². The standard InChI is InChI=1S/C14H18N2/c1-3-15-11(2)12-6-8-13(9-7-12)14-5-4-10-16-14/h4-11,15-16H,3H2,1-2H3. The van der Waals surface area contributed by atoms with Gasteiger partial charge in [-0.3, -0.25) is 0 Å². The first kappa shape index (κ1) is 11.0. The minimum Gasteiger partial charge on any atom is -0.361 e. The number of nitrogens with one attached hydrogen (secondary N) is 2. The first-order chi connectivity index (χ1) is 7.81. The molecular formula is C14H18N2. The normalized spacial score (nSPS) is 12.6. The number of aromatic nitrogens is 1. The molecule has 0 aliphatic carbocycles.